The number of primary amides is 1. The van der Waals surface area contributed by atoms with Gasteiger partial charge in [-0.2, -0.15) is 10.2 Å². The molecule has 1 fully saturated rings. The molecule has 0 spiro atoms. The minimum atomic E-state index is -0.380. The molecular formula is C15H22N4O2. The van der Waals surface area contributed by atoms with Gasteiger partial charge in [-0.05, 0) is 31.7 Å². The molecule has 0 bridgehead atoms. The van der Waals surface area contributed by atoms with Crippen LogP contribution in [-0.4, -0.2) is 28.1 Å². The molecule has 0 saturated heterocycles. The van der Waals surface area contributed by atoms with Crippen LogP contribution in [0.25, 0.3) is 0 Å². The van der Waals surface area contributed by atoms with Crippen molar-refractivity contribution in [2.75, 3.05) is 0 Å². The van der Waals surface area contributed by atoms with E-state index in [2.05, 4.69) is 15.5 Å². The van der Waals surface area contributed by atoms with E-state index in [4.69, 9.17) is 5.73 Å². The van der Waals surface area contributed by atoms with Crippen molar-refractivity contribution in [3.05, 3.63) is 23.5 Å². The van der Waals surface area contributed by atoms with Gasteiger partial charge in [0.05, 0.1) is 17.5 Å². The lowest BCUT2D eigenvalue weighted by Crippen LogP contribution is -2.43. The van der Waals surface area contributed by atoms with Crippen molar-refractivity contribution in [2.24, 2.45) is 11.7 Å². The van der Waals surface area contributed by atoms with Crippen molar-refractivity contribution in [3.8, 4) is 0 Å². The first kappa shape index (κ1) is 15.4. The van der Waals surface area contributed by atoms with Crippen molar-refractivity contribution in [3.63, 3.8) is 0 Å². The van der Waals surface area contributed by atoms with E-state index in [1.807, 2.05) is 0 Å². The van der Waals surface area contributed by atoms with Crippen LogP contribution in [0.1, 0.15) is 54.6 Å². The van der Waals surface area contributed by atoms with Crippen LogP contribution in [0.3, 0.4) is 0 Å². The first-order valence-electron chi connectivity index (χ1n) is 7.45. The van der Waals surface area contributed by atoms with E-state index in [0.29, 0.717) is 17.2 Å². The van der Waals surface area contributed by atoms with Gasteiger partial charge in [0.25, 0.3) is 5.91 Å². The molecule has 2 amide bonds. The Morgan fingerprint density at radius 1 is 1.38 bits per heavy atom. The second-order valence-electron chi connectivity index (χ2n) is 5.73. The molecule has 1 unspecified atom stereocenters. The summed E-state index contributed by atoms with van der Waals surface area (Å²) in [5, 5.41) is 10.6. The monoisotopic (exact) mass is 290 g/mol. The quantitative estimate of drug-likeness (QED) is 0.855. The van der Waals surface area contributed by atoms with Gasteiger partial charge < -0.3 is 11.1 Å². The van der Waals surface area contributed by atoms with Gasteiger partial charge in [-0.25, -0.2) is 0 Å². The maximum Gasteiger partial charge on any atom is 0.253 e. The van der Waals surface area contributed by atoms with Crippen LogP contribution in [0, 0.1) is 12.8 Å². The van der Waals surface area contributed by atoms with E-state index in [9.17, 15) is 9.59 Å². The second kappa shape index (κ2) is 7.15. The standard InChI is InChI=1S/C15H22N4O2/c1-10-7-12(9-17-19-10)15(21)18-13(8-14(16)20)11-5-3-2-4-6-11/h7,9,11,13H,2-6,8H2,1H3,(H2,16,20)(H,18,21). The lowest BCUT2D eigenvalue weighted by Gasteiger charge is -2.30. The molecular weight excluding hydrogens is 268 g/mol. The van der Waals surface area contributed by atoms with Crippen LogP contribution in [-0.2, 0) is 4.79 Å². The molecule has 6 nitrogen and oxygen atoms in total. The van der Waals surface area contributed by atoms with Gasteiger partial charge in [0.1, 0.15) is 0 Å². The highest BCUT2D eigenvalue weighted by molar-refractivity contribution is 5.94. The van der Waals surface area contributed by atoms with Crippen molar-refractivity contribution in [1.29, 1.82) is 0 Å². The van der Waals surface area contributed by atoms with Gasteiger partial charge in [0.2, 0.25) is 5.91 Å². The Labute approximate surface area is 124 Å². The molecule has 1 aliphatic rings. The van der Waals surface area contributed by atoms with Gasteiger partial charge in [0.15, 0.2) is 0 Å². The summed E-state index contributed by atoms with van der Waals surface area (Å²) in [5.41, 5.74) is 6.48. The smallest absolute Gasteiger partial charge is 0.253 e. The molecule has 114 valence electrons. The summed E-state index contributed by atoms with van der Waals surface area (Å²) in [5.74, 6) is -0.272. The molecule has 1 aromatic heterocycles. The maximum absolute atomic E-state index is 12.3. The molecule has 0 aromatic carbocycles. The zero-order valence-corrected chi connectivity index (χ0v) is 12.3. The second-order valence-corrected chi connectivity index (χ2v) is 5.73. The topological polar surface area (TPSA) is 98.0 Å². The number of aryl methyl sites for hydroxylation is 1. The van der Waals surface area contributed by atoms with Crippen molar-refractivity contribution in [2.45, 2.75) is 51.5 Å². The summed E-state index contributed by atoms with van der Waals surface area (Å²) in [6, 6.07) is 1.49. The van der Waals surface area contributed by atoms with Gasteiger partial charge in [0, 0.05) is 12.5 Å². The van der Waals surface area contributed by atoms with Crippen LogP contribution in [0.5, 0.6) is 0 Å². The van der Waals surface area contributed by atoms with E-state index >= 15 is 0 Å². The van der Waals surface area contributed by atoms with E-state index < -0.39 is 0 Å². The number of carbonyl (C=O) groups is 2. The highest BCUT2D eigenvalue weighted by atomic mass is 16.2. The molecule has 1 aliphatic carbocycles. The summed E-state index contributed by atoms with van der Waals surface area (Å²) < 4.78 is 0. The first-order valence-corrected chi connectivity index (χ1v) is 7.45. The summed E-state index contributed by atoms with van der Waals surface area (Å²) in [7, 11) is 0. The van der Waals surface area contributed by atoms with Crippen molar-refractivity contribution in [1.82, 2.24) is 15.5 Å². The van der Waals surface area contributed by atoms with Gasteiger partial charge in [-0.3, -0.25) is 9.59 Å². The zero-order chi connectivity index (χ0) is 15.2. The normalized spacial score (nSPS) is 17.2. The molecule has 1 atom stereocenters. The maximum atomic E-state index is 12.3. The van der Waals surface area contributed by atoms with Gasteiger partial charge >= 0.3 is 0 Å². The average molecular weight is 290 g/mol. The predicted molar refractivity (Wildman–Crippen MR) is 78.4 cm³/mol. The molecule has 1 heterocycles. The van der Waals surface area contributed by atoms with Crippen LogP contribution in [0.15, 0.2) is 12.3 Å². The Bertz CT molecular complexity index is 512. The molecule has 2 rings (SSSR count). The number of aromatic nitrogens is 2. The third-order valence-corrected chi connectivity index (χ3v) is 4.00. The van der Waals surface area contributed by atoms with E-state index in [1.165, 1.54) is 12.6 Å². The zero-order valence-electron chi connectivity index (χ0n) is 12.3. The van der Waals surface area contributed by atoms with Crippen molar-refractivity contribution >= 4 is 11.8 Å². The van der Waals surface area contributed by atoms with Crippen LogP contribution < -0.4 is 11.1 Å². The number of nitrogens with zero attached hydrogens (tertiary/aromatic N) is 2. The van der Waals surface area contributed by atoms with Crippen LogP contribution >= 0.6 is 0 Å². The number of nitrogens with one attached hydrogen (secondary N) is 1. The number of hydrogen-bond acceptors (Lipinski definition) is 4. The molecule has 1 aromatic rings. The van der Waals surface area contributed by atoms with Crippen LogP contribution in [0.4, 0.5) is 0 Å². The number of hydrogen-bond donors (Lipinski definition) is 2. The summed E-state index contributed by atoms with van der Waals surface area (Å²) >= 11 is 0. The summed E-state index contributed by atoms with van der Waals surface area (Å²) in [6.07, 6.45) is 7.20. The number of nitrogens with two attached hydrogens (primary N) is 1. The third-order valence-electron chi connectivity index (χ3n) is 4.00. The van der Waals surface area contributed by atoms with E-state index in [1.54, 1.807) is 13.0 Å². The highest BCUT2D eigenvalue weighted by Gasteiger charge is 2.27. The predicted octanol–water partition coefficient (Wildman–Crippen LogP) is 1.34. The SMILES string of the molecule is Cc1cc(C(=O)NC(CC(N)=O)C2CCCCC2)cnn1. The Kier molecular flexibility index (Phi) is 5.25. The lowest BCUT2D eigenvalue weighted by atomic mass is 9.82. The third kappa shape index (κ3) is 4.51. The van der Waals surface area contributed by atoms with Crippen molar-refractivity contribution < 1.29 is 9.59 Å². The first-order chi connectivity index (χ1) is 10.1. The molecule has 3 N–H and O–H groups in total. The van der Waals surface area contributed by atoms with Gasteiger partial charge in [-0.15, -0.1) is 0 Å². The largest absolute Gasteiger partial charge is 0.370 e. The van der Waals surface area contributed by atoms with E-state index in [-0.39, 0.29) is 24.3 Å². The number of amides is 2. The average Bonchev–Trinajstić information content (AvgIpc) is 2.47. The summed E-state index contributed by atoms with van der Waals surface area (Å²) in [4.78, 5) is 23.6. The Hall–Kier alpha value is -1.98. The Morgan fingerprint density at radius 2 is 2.10 bits per heavy atom. The molecule has 21 heavy (non-hydrogen) atoms. The Morgan fingerprint density at radius 3 is 2.71 bits per heavy atom. The molecule has 0 aliphatic heterocycles. The lowest BCUT2D eigenvalue weighted by molar-refractivity contribution is -0.118. The van der Waals surface area contributed by atoms with E-state index in [0.717, 1.165) is 25.7 Å². The minimum Gasteiger partial charge on any atom is -0.370 e. The highest BCUT2D eigenvalue weighted by Crippen LogP contribution is 2.27. The van der Waals surface area contributed by atoms with Gasteiger partial charge in [-0.1, -0.05) is 19.3 Å². The Balaban J connectivity index is 2.06. The fourth-order valence-corrected chi connectivity index (χ4v) is 2.94. The number of carbonyl (C=O) groups excluding carboxylic acids is 2. The van der Waals surface area contributed by atoms with Crippen LogP contribution in [0.2, 0.25) is 0 Å². The fourth-order valence-electron chi connectivity index (χ4n) is 2.94. The minimum absolute atomic E-state index is 0.188. The summed E-state index contributed by atoms with van der Waals surface area (Å²) in [6.45, 7) is 1.78. The molecule has 1 saturated carbocycles. The molecule has 6 heteroatoms. The number of rotatable bonds is 5. The fraction of sp³-hybridized carbons (Fsp3) is 0.600. The molecule has 0 radical (unpaired) electrons.